The zero-order valence-electron chi connectivity index (χ0n) is 14.2. The van der Waals surface area contributed by atoms with Gasteiger partial charge in [-0.3, -0.25) is 0 Å². The number of amidine groups is 1. The summed E-state index contributed by atoms with van der Waals surface area (Å²) in [5, 5.41) is 5.98. The van der Waals surface area contributed by atoms with E-state index >= 15 is 0 Å². The summed E-state index contributed by atoms with van der Waals surface area (Å²) in [5.41, 5.74) is 3.22. The van der Waals surface area contributed by atoms with E-state index in [9.17, 15) is 0 Å². The van der Waals surface area contributed by atoms with Gasteiger partial charge in [0.25, 0.3) is 5.84 Å². The number of hydrogen-bond donors (Lipinski definition) is 2. The van der Waals surface area contributed by atoms with Crippen molar-refractivity contribution in [2.45, 2.75) is 0 Å². The minimum atomic E-state index is 0. The molecule has 0 fully saturated rings. The standard InChI is InChI=1S/C23H18N2.ClH/c1-3-11-21(12-4-1)24-23(25-22-13-5-2-6-14-22)20-16-15-18-9-7-8-10-19(18)17-20;/h1-17H,(H,24,25);1H. The van der Waals surface area contributed by atoms with Gasteiger partial charge in [0, 0.05) is 0 Å². The lowest BCUT2D eigenvalue weighted by Crippen LogP contribution is -3.00. The molecule has 0 atom stereocenters. The van der Waals surface area contributed by atoms with Crippen molar-refractivity contribution in [2.24, 2.45) is 0 Å². The first-order valence-corrected chi connectivity index (χ1v) is 8.39. The Morgan fingerprint density at radius 3 is 1.96 bits per heavy atom. The molecule has 0 bridgehead atoms. The first-order chi connectivity index (χ1) is 12.4. The first kappa shape index (κ1) is 17.7. The number of nitrogens with one attached hydrogen (secondary N) is 2. The van der Waals surface area contributed by atoms with Crippen LogP contribution in [0.3, 0.4) is 0 Å². The summed E-state index contributed by atoms with van der Waals surface area (Å²) in [6.45, 7) is 0. The minimum absolute atomic E-state index is 0. The highest BCUT2D eigenvalue weighted by Crippen LogP contribution is 2.16. The van der Waals surface area contributed by atoms with E-state index in [0.29, 0.717) is 0 Å². The van der Waals surface area contributed by atoms with E-state index in [2.05, 4.69) is 77.0 Å². The van der Waals surface area contributed by atoms with Gasteiger partial charge in [-0.05, 0) is 47.2 Å². The Kier molecular flexibility index (Phi) is 5.67. The van der Waals surface area contributed by atoms with E-state index in [0.717, 1.165) is 22.8 Å². The predicted molar refractivity (Wildman–Crippen MR) is 105 cm³/mol. The van der Waals surface area contributed by atoms with Gasteiger partial charge in [-0.15, -0.1) is 0 Å². The van der Waals surface area contributed by atoms with Gasteiger partial charge in [-0.25, -0.2) is 10.3 Å². The van der Waals surface area contributed by atoms with Crippen LogP contribution in [0.15, 0.2) is 103 Å². The Hall–Kier alpha value is -3.10. The van der Waals surface area contributed by atoms with E-state index in [-0.39, 0.29) is 12.4 Å². The van der Waals surface area contributed by atoms with E-state index in [1.165, 1.54) is 10.8 Å². The van der Waals surface area contributed by atoms with Gasteiger partial charge in [0.05, 0.1) is 5.56 Å². The molecule has 4 aromatic rings. The van der Waals surface area contributed by atoms with E-state index in [4.69, 9.17) is 0 Å². The second-order valence-corrected chi connectivity index (χ2v) is 5.92. The predicted octanol–water partition coefficient (Wildman–Crippen LogP) is 1.11. The smallest absolute Gasteiger partial charge is 0.285 e. The molecule has 0 spiro atoms. The van der Waals surface area contributed by atoms with Gasteiger partial charge in [0.1, 0.15) is 11.4 Å². The Morgan fingerprint density at radius 2 is 1.23 bits per heavy atom. The highest BCUT2D eigenvalue weighted by molar-refractivity contribution is 6.06. The summed E-state index contributed by atoms with van der Waals surface area (Å²) in [6, 6.07) is 35.3. The van der Waals surface area contributed by atoms with Crippen LogP contribution in [0.2, 0.25) is 0 Å². The summed E-state index contributed by atoms with van der Waals surface area (Å²) in [6.07, 6.45) is 0. The number of fused-ring (bicyclic) bond motifs is 1. The zero-order chi connectivity index (χ0) is 16.9. The van der Waals surface area contributed by atoms with Crippen molar-refractivity contribution in [3.63, 3.8) is 0 Å². The number of rotatable bonds is 3. The fourth-order valence-corrected chi connectivity index (χ4v) is 2.85. The molecule has 2 nitrogen and oxygen atoms in total. The normalized spacial score (nSPS) is 11.0. The minimum Gasteiger partial charge on any atom is -1.00 e. The highest BCUT2D eigenvalue weighted by Gasteiger charge is 2.12. The molecule has 0 saturated carbocycles. The summed E-state index contributed by atoms with van der Waals surface area (Å²) in [5.74, 6) is 0.961. The number of benzene rings is 4. The molecule has 0 aliphatic rings. The van der Waals surface area contributed by atoms with Crippen LogP contribution in [-0.2, 0) is 0 Å². The Labute approximate surface area is 159 Å². The third-order valence-electron chi connectivity index (χ3n) is 4.12. The Morgan fingerprint density at radius 1 is 0.615 bits per heavy atom. The molecule has 3 heteroatoms. The van der Waals surface area contributed by atoms with Crippen molar-refractivity contribution in [1.82, 2.24) is 0 Å². The molecule has 2 N–H and O–H groups in total. The summed E-state index contributed by atoms with van der Waals surface area (Å²) in [7, 11) is 0. The highest BCUT2D eigenvalue weighted by atomic mass is 35.5. The lowest BCUT2D eigenvalue weighted by atomic mass is 10.1. The van der Waals surface area contributed by atoms with Gasteiger partial charge >= 0.3 is 0 Å². The summed E-state index contributed by atoms with van der Waals surface area (Å²) >= 11 is 0. The average Bonchev–Trinajstić information content (AvgIpc) is 2.69. The van der Waals surface area contributed by atoms with Crippen molar-refractivity contribution in [3.05, 3.63) is 109 Å². The number of para-hydroxylation sites is 2. The van der Waals surface area contributed by atoms with Gasteiger partial charge < -0.3 is 12.4 Å². The van der Waals surface area contributed by atoms with Crippen molar-refractivity contribution < 1.29 is 17.4 Å². The molecule has 0 amide bonds. The van der Waals surface area contributed by atoms with Crippen molar-refractivity contribution in [1.29, 1.82) is 0 Å². The molecule has 0 aliphatic carbocycles. The van der Waals surface area contributed by atoms with Crippen LogP contribution < -0.4 is 22.7 Å². The van der Waals surface area contributed by atoms with Gasteiger partial charge in [0.15, 0.2) is 0 Å². The second-order valence-electron chi connectivity index (χ2n) is 5.92. The lowest BCUT2D eigenvalue weighted by Gasteiger charge is -2.06. The third-order valence-corrected chi connectivity index (χ3v) is 4.12. The van der Waals surface area contributed by atoms with Gasteiger partial charge in [-0.1, -0.05) is 66.7 Å². The van der Waals surface area contributed by atoms with Gasteiger partial charge in [0.2, 0.25) is 0 Å². The summed E-state index contributed by atoms with van der Waals surface area (Å²) < 4.78 is 0. The monoisotopic (exact) mass is 358 g/mol. The quantitative estimate of drug-likeness (QED) is 0.416. The van der Waals surface area contributed by atoms with Crippen LogP contribution in [0.1, 0.15) is 5.56 Å². The zero-order valence-corrected chi connectivity index (χ0v) is 14.9. The van der Waals surface area contributed by atoms with Crippen molar-refractivity contribution in [2.75, 3.05) is 5.32 Å². The van der Waals surface area contributed by atoms with E-state index in [1.54, 1.807) is 0 Å². The van der Waals surface area contributed by atoms with Gasteiger partial charge in [-0.2, -0.15) is 0 Å². The number of halogens is 1. The van der Waals surface area contributed by atoms with Crippen LogP contribution in [0.25, 0.3) is 10.8 Å². The molecule has 128 valence electrons. The molecule has 0 aliphatic heterocycles. The maximum atomic E-state index is 3.51. The first-order valence-electron chi connectivity index (χ1n) is 8.39. The maximum Gasteiger partial charge on any atom is 0.285 e. The molecule has 0 saturated heterocycles. The Bertz CT molecular complexity index is 1010. The number of hydrogen-bond acceptors (Lipinski definition) is 0. The Balaban J connectivity index is 0.00000196. The molecule has 4 aromatic carbocycles. The fraction of sp³-hybridized carbons (Fsp3) is 0. The molecule has 0 radical (unpaired) electrons. The fourth-order valence-electron chi connectivity index (χ4n) is 2.85. The topological polar surface area (TPSA) is 26.0 Å². The van der Waals surface area contributed by atoms with Crippen LogP contribution >= 0.6 is 0 Å². The summed E-state index contributed by atoms with van der Waals surface area (Å²) in [4.78, 5) is 3.51. The molecule has 0 aromatic heterocycles. The van der Waals surface area contributed by atoms with Crippen molar-refractivity contribution in [3.8, 4) is 0 Å². The molecule has 0 heterocycles. The molecular weight excluding hydrogens is 340 g/mol. The second kappa shape index (κ2) is 8.32. The molecule has 0 unspecified atom stereocenters. The van der Waals surface area contributed by atoms with Crippen LogP contribution in [0.4, 0.5) is 11.4 Å². The molecule has 26 heavy (non-hydrogen) atoms. The number of anilines is 1. The third kappa shape index (κ3) is 4.11. The van der Waals surface area contributed by atoms with Crippen LogP contribution in [0, 0.1) is 0 Å². The molecular formula is C23H19ClN2. The molecule has 4 rings (SSSR count). The van der Waals surface area contributed by atoms with E-state index in [1.807, 2.05) is 36.4 Å². The van der Waals surface area contributed by atoms with Crippen molar-refractivity contribution >= 4 is 28.0 Å². The van der Waals surface area contributed by atoms with Crippen LogP contribution in [-0.4, -0.2) is 5.84 Å². The average molecular weight is 359 g/mol. The maximum absolute atomic E-state index is 3.51. The SMILES string of the molecule is [Cl-].c1ccc(NC(=[NH+]c2ccccc2)c2ccc3ccccc3c2)cc1. The van der Waals surface area contributed by atoms with E-state index < -0.39 is 0 Å². The van der Waals surface area contributed by atoms with Crippen LogP contribution in [0.5, 0.6) is 0 Å². The largest absolute Gasteiger partial charge is 1.00 e. The lowest BCUT2D eigenvalue weighted by molar-refractivity contribution is -0.352.